The number of hydrogen-bond acceptors (Lipinski definition) is 6. The lowest BCUT2D eigenvalue weighted by atomic mass is 10.1. The molecule has 2 aromatic rings. The molecule has 2 rings (SSSR count). The first kappa shape index (κ1) is 25.7. The van der Waals surface area contributed by atoms with Crippen molar-refractivity contribution in [3.05, 3.63) is 70.8 Å². The lowest BCUT2D eigenvalue weighted by molar-refractivity contribution is -0.0881. The Labute approximate surface area is 174 Å². The SMILES string of the molecule is O=P(Cc1ccc(CS(=O)(=O)Cc2ccc(C(F)(F)P(=O)(O)O)cc2)cc1)(OF)OF. The predicted molar refractivity (Wildman–Crippen MR) is 101 cm³/mol. The molecule has 0 radical (unpaired) electrons. The highest BCUT2D eigenvalue weighted by atomic mass is 32.2. The molecule has 0 heterocycles. The van der Waals surface area contributed by atoms with Crippen LogP contribution in [0.1, 0.15) is 22.3 Å². The Morgan fingerprint density at radius 2 is 1.19 bits per heavy atom. The third-order valence-electron chi connectivity index (χ3n) is 4.05. The van der Waals surface area contributed by atoms with E-state index in [1.165, 1.54) is 24.3 Å². The highest BCUT2D eigenvalue weighted by Crippen LogP contribution is 2.59. The van der Waals surface area contributed by atoms with E-state index in [0.29, 0.717) is 0 Å². The van der Waals surface area contributed by atoms with Crippen LogP contribution in [-0.2, 0) is 51.8 Å². The third kappa shape index (κ3) is 6.69. The average Bonchev–Trinajstić information content (AvgIpc) is 2.68. The van der Waals surface area contributed by atoms with Crippen LogP contribution >= 0.6 is 15.2 Å². The molecule has 0 aliphatic heterocycles. The molecule has 0 amide bonds. The molecule has 31 heavy (non-hydrogen) atoms. The molecule has 0 fully saturated rings. The lowest BCUT2D eigenvalue weighted by Gasteiger charge is -2.18. The Bertz CT molecular complexity index is 1090. The summed E-state index contributed by atoms with van der Waals surface area (Å²) in [6.45, 7) is 0. The summed E-state index contributed by atoms with van der Waals surface area (Å²) in [4.78, 5) is 17.5. The van der Waals surface area contributed by atoms with Crippen molar-refractivity contribution in [1.29, 1.82) is 0 Å². The van der Waals surface area contributed by atoms with Gasteiger partial charge in [-0.2, -0.15) is 8.78 Å². The Balaban J connectivity index is 2.08. The van der Waals surface area contributed by atoms with E-state index in [1.54, 1.807) is 0 Å². The summed E-state index contributed by atoms with van der Waals surface area (Å²) in [7, 11) is -14.1. The summed E-state index contributed by atoms with van der Waals surface area (Å²) < 4.78 is 104. The predicted octanol–water partition coefficient (Wildman–Crippen LogP) is 4.52. The molecule has 0 bridgehead atoms. The van der Waals surface area contributed by atoms with E-state index in [2.05, 4.69) is 9.46 Å². The third-order valence-corrected chi connectivity index (χ3v) is 7.76. The number of alkyl halides is 2. The van der Waals surface area contributed by atoms with Crippen LogP contribution in [0.25, 0.3) is 0 Å². The van der Waals surface area contributed by atoms with E-state index in [9.17, 15) is 35.4 Å². The van der Waals surface area contributed by atoms with Crippen molar-refractivity contribution in [3.63, 3.8) is 0 Å². The van der Waals surface area contributed by atoms with E-state index in [1.807, 2.05) is 0 Å². The second-order valence-electron chi connectivity index (χ2n) is 6.54. The van der Waals surface area contributed by atoms with Crippen molar-refractivity contribution in [2.75, 3.05) is 0 Å². The molecule has 0 atom stereocenters. The summed E-state index contributed by atoms with van der Waals surface area (Å²) in [5.41, 5.74) is -4.81. The van der Waals surface area contributed by atoms with E-state index in [0.717, 1.165) is 24.3 Å². The van der Waals surface area contributed by atoms with Gasteiger partial charge in [-0.3, -0.25) is 9.13 Å². The molecule has 0 aromatic heterocycles. The first-order valence-corrected chi connectivity index (χ1v) is 13.4. The van der Waals surface area contributed by atoms with Crippen LogP contribution in [0, 0.1) is 0 Å². The van der Waals surface area contributed by atoms with Crippen LogP contribution in [-0.4, -0.2) is 18.2 Å². The lowest BCUT2D eigenvalue weighted by Crippen LogP contribution is -2.14. The van der Waals surface area contributed by atoms with Crippen LogP contribution in [0.15, 0.2) is 48.5 Å². The molecular formula is C16H16F4O8P2S. The van der Waals surface area contributed by atoms with Crippen LogP contribution in [0.4, 0.5) is 17.8 Å². The number of benzene rings is 2. The zero-order valence-corrected chi connectivity index (χ0v) is 18.0. The summed E-state index contributed by atoms with van der Waals surface area (Å²) in [6, 6.07) is 8.68. The number of hydrogen-bond donors (Lipinski definition) is 2. The molecule has 172 valence electrons. The van der Waals surface area contributed by atoms with E-state index in [-0.39, 0.29) is 16.7 Å². The van der Waals surface area contributed by atoms with E-state index >= 15 is 0 Å². The highest BCUT2D eigenvalue weighted by Gasteiger charge is 2.50. The van der Waals surface area contributed by atoms with Gasteiger partial charge in [0.15, 0.2) is 9.84 Å². The molecule has 0 aliphatic rings. The van der Waals surface area contributed by atoms with Crippen LogP contribution in [0.2, 0.25) is 0 Å². The smallest absolute Gasteiger partial charge is 0.320 e. The fraction of sp³-hybridized carbons (Fsp3) is 0.250. The van der Waals surface area contributed by atoms with Gasteiger partial charge in [0.1, 0.15) is 0 Å². The second-order valence-corrected chi connectivity index (χ2v) is 12.1. The minimum atomic E-state index is -5.74. The number of halogens is 4. The number of rotatable bonds is 10. The van der Waals surface area contributed by atoms with Gasteiger partial charge in [0.25, 0.3) is 0 Å². The molecule has 0 saturated heterocycles. The molecule has 0 aliphatic carbocycles. The van der Waals surface area contributed by atoms with E-state index < -0.39 is 53.9 Å². The maximum Gasteiger partial charge on any atom is 0.399 e. The molecule has 2 N–H and O–H groups in total. The Hall–Kier alpha value is -1.59. The van der Waals surface area contributed by atoms with Crippen molar-refractivity contribution < 1.29 is 54.6 Å². The van der Waals surface area contributed by atoms with Crippen molar-refractivity contribution in [2.24, 2.45) is 0 Å². The first-order chi connectivity index (χ1) is 14.2. The van der Waals surface area contributed by atoms with Gasteiger partial charge in [0.2, 0.25) is 0 Å². The van der Waals surface area contributed by atoms with Gasteiger partial charge in [-0.15, -0.1) is 9.46 Å². The summed E-state index contributed by atoms with van der Waals surface area (Å²) in [5.74, 6) is -1.01. The van der Waals surface area contributed by atoms with Gasteiger partial charge in [-0.05, 0) is 25.7 Å². The first-order valence-electron chi connectivity index (χ1n) is 8.22. The maximum atomic E-state index is 13.6. The van der Waals surface area contributed by atoms with Crippen molar-refractivity contribution in [1.82, 2.24) is 0 Å². The van der Waals surface area contributed by atoms with Gasteiger partial charge < -0.3 is 9.79 Å². The zero-order chi connectivity index (χ0) is 23.5. The van der Waals surface area contributed by atoms with Gasteiger partial charge in [0.05, 0.1) is 17.7 Å². The van der Waals surface area contributed by atoms with Gasteiger partial charge in [0, 0.05) is 5.56 Å². The van der Waals surface area contributed by atoms with Gasteiger partial charge in [-0.25, -0.2) is 8.42 Å². The zero-order valence-electron chi connectivity index (χ0n) is 15.4. The van der Waals surface area contributed by atoms with Crippen LogP contribution in [0.3, 0.4) is 0 Å². The molecule has 15 heteroatoms. The highest BCUT2D eigenvalue weighted by molar-refractivity contribution is 7.89. The molecule has 2 aromatic carbocycles. The Kier molecular flexibility index (Phi) is 7.86. The summed E-state index contributed by atoms with van der Waals surface area (Å²) >= 11 is 0. The van der Waals surface area contributed by atoms with E-state index in [4.69, 9.17) is 9.79 Å². The maximum absolute atomic E-state index is 13.6. The fourth-order valence-corrected chi connectivity index (χ4v) is 5.32. The van der Waals surface area contributed by atoms with Crippen LogP contribution < -0.4 is 0 Å². The molecule has 8 nitrogen and oxygen atoms in total. The molecular weight excluding hydrogens is 490 g/mol. The Morgan fingerprint density at radius 1 is 0.806 bits per heavy atom. The largest absolute Gasteiger partial charge is 0.399 e. The summed E-state index contributed by atoms with van der Waals surface area (Å²) in [6.07, 6.45) is -0.724. The van der Waals surface area contributed by atoms with Gasteiger partial charge >= 0.3 is 20.9 Å². The average molecular weight is 506 g/mol. The monoisotopic (exact) mass is 506 g/mol. The number of sulfone groups is 1. The second kappa shape index (κ2) is 9.50. The topological polar surface area (TPSA) is 127 Å². The van der Waals surface area contributed by atoms with Crippen LogP contribution in [0.5, 0.6) is 0 Å². The molecule has 0 spiro atoms. The molecule has 0 unspecified atom stereocenters. The minimum Gasteiger partial charge on any atom is -0.320 e. The van der Waals surface area contributed by atoms with Crippen molar-refractivity contribution in [3.8, 4) is 0 Å². The standard InChI is InChI=1S/C16H16F4O8P2S/c17-16(18,30(22,23)24)15-7-5-14(6-8-15)11-31(25,26)10-13-3-1-12(2-4-13)9-29(21,27-19)28-20/h1-8H,9-11H2,(H2,22,23,24). The summed E-state index contributed by atoms with van der Waals surface area (Å²) in [5, 5.41) is 0. The van der Waals surface area contributed by atoms with Crippen molar-refractivity contribution in [2.45, 2.75) is 23.3 Å². The van der Waals surface area contributed by atoms with Gasteiger partial charge in [-0.1, -0.05) is 48.5 Å². The molecule has 0 saturated carbocycles. The fourth-order valence-electron chi connectivity index (χ4n) is 2.55. The Morgan fingerprint density at radius 3 is 1.58 bits per heavy atom. The normalized spacial score (nSPS) is 13.4. The minimum absolute atomic E-state index is 0.114. The quantitative estimate of drug-likeness (QED) is 0.356. The van der Waals surface area contributed by atoms with Crippen molar-refractivity contribution >= 4 is 25.0 Å².